The summed E-state index contributed by atoms with van der Waals surface area (Å²) in [5.74, 6) is -1.70. The highest BCUT2D eigenvalue weighted by atomic mass is 32.2. The van der Waals surface area contributed by atoms with Gasteiger partial charge in [0.25, 0.3) is 5.91 Å². The Kier molecular flexibility index (Phi) is 5.35. The van der Waals surface area contributed by atoms with E-state index in [0.29, 0.717) is 5.17 Å². The molecule has 0 radical (unpaired) electrons. The van der Waals surface area contributed by atoms with Crippen LogP contribution >= 0.6 is 11.8 Å². The van der Waals surface area contributed by atoms with Gasteiger partial charge in [0.05, 0.1) is 17.5 Å². The fourth-order valence-electron chi connectivity index (χ4n) is 3.01. The van der Waals surface area contributed by atoms with E-state index < -0.39 is 34.9 Å². The van der Waals surface area contributed by atoms with Crippen molar-refractivity contribution in [2.45, 2.75) is 18.2 Å². The van der Waals surface area contributed by atoms with Crippen LogP contribution in [0.3, 0.4) is 0 Å². The van der Waals surface area contributed by atoms with E-state index in [9.17, 15) is 18.0 Å². The fraction of sp³-hybridized carbons (Fsp3) is 0.438. The quantitative estimate of drug-likeness (QED) is 0.771. The number of amidine groups is 1. The van der Waals surface area contributed by atoms with Gasteiger partial charge in [0, 0.05) is 10.9 Å². The van der Waals surface area contributed by atoms with Gasteiger partial charge >= 0.3 is 5.97 Å². The second-order valence-corrected chi connectivity index (χ2v) is 9.54. The summed E-state index contributed by atoms with van der Waals surface area (Å²) in [4.78, 5) is 28.3. The van der Waals surface area contributed by atoms with Crippen molar-refractivity contribution in [3.63, 3.8) is 0 Å². The molecule has 2 aliphatic heterocycles. The van der Waals surface area contributed by atoms with Crippen LogP contribution in [0.5, 0.6) is 0 Å². The third-order valence-corrected chi connectivity index (χ3v) is 7.23. The second-order valence-electron chi connectivity index (χ2n) is 6.18. The second kappa shape index (κ2) is 7.37. The van der Waals surface area contributed by atoms with Crippen molar-refractivity contribution >= 4 is 44.3 Å². The first kappa shape index (κ1) is 18.9. The number of amides is 1. The van der Waals surface area contributed by atoms with Crippen LogP contribution in [-0.2, 0) is 24.2 Å². The Morgan fingerprint density at radius 1 is 1.35 bits per heavy atom. The van der Waals surface area contributed by atoms with Crippen molar-refractivity contribution in [2.24, 2.45) is 4.99 Å². The molecule has 26 heavy (non-hydrogen) atoms. The maximum Gasteiger partial charge on any atom is 0.329 e. The number of carbonyl (C=O) groups excluding carboxylic acids is 1. The molecule has 3 rings (SSSR count). The van der Waals surface area contributed by atoms with Crippen LogP contribution < -0.4 is 4.90 Å². The van der Waals surface area contributed by atoms with Crippen molar-refractivity contribution in [2.75, 3.05) is 29.6 Å². The number of benzene rings is 1. The molecule has 0 spiro atoms. The molecule has 0 bridgehead atoms. The lowest BCUT2D eigenvalue weighted by molar-refractivity contribution is -0.143. The van der Waals surface area contributed by atoms with Crippen molar-refractivity contribution in [1.82, 2.24) is 0 Å². The Bertz CT molecular complexity index is 867. The Balaban J connectivity index is 1.85. The number of carboxylic acid groups (broad SMARTS) is 1. The van der Waals surface area contributed by atoms with Crippen LogP contribution in [0.1, 0.15) is 5.56 Å². The van der Waals surface area contributed by atoms with Crippen LogP contribution in [0.25, 0.3) is 0 Å². The third kappa shape index (κ3) is 4.25. The minimum Gasteiger partial charge on any atom is -0.480 e. The molecule has 0 aliphatic carbocycles. The van der Waals surface area contributed by atoms with E-state index in [4.69, 9.17) is 9.84 Å². The van der Waals surface area contributed by atoms with Crippen molar-refractivity contribution in [3.8, 4) is 0 Å². The predicted octanol–water partition coefficient (Wildman–Crippen LogP) is 0.698. The van der Waals surface area contributed by atoms with Gasteiger partial charge in [-0.1, -0.05) is 23.9 Å². The zero-order valence-electron chi connectivity index (χ0n) is 14.0. The number of rotatable bonds is 5. The van der Waals surface area contributed by atoms with Gasteiger partial charge in [-0.2, -0.15) is 4.99 Å². The Morgan fingerprint density at radius 2 is 2.12 bits per heavy atom. The maximum atomic E-state index is 12.0. The molecule has 8 nitrogen and oxygen atoms in total. The van der Waals surface area contributed by atoms with E-state index in [0.717, 1.165) is 11.3 Å². The molecule has 2 atom stereocenters. The first-order valence-electron chi connectivity index (χ1n) is 7.89. The summed E-state index contributed by atoms with van der Waals surface area (Å²) in [6.07, 6.45) is 0. The molecule has 2 aliphatic rings. The van der Waals surface area contributed by atoms with E-state index >= 15 is 0 Å². The zero-order chi connectivity index (χ0) is 18.9. The van der Waals surface area contributed by atoms with E-state index in [2.05, 4.69) is 4.99 Å². The number of hydrogen-bond donors (Lipinski definition) is 1. The van der Waals surface area contributed by atoms with Crippen molar-refractivity contribution in [1.29, 1.82) is 0 Å². The number of carbonyl (C=O) groups is 2. The zero-order valence-corrected chi connectivity index (χ0v) is 15.6. The van der Waals surface area contributed by atoms with Gasteiger partial charge < -0.3 is 14.7 Å². The average Bonchev–Trinajstić information content (AvgIpc) is 2.97. The molecule has 2 fully saturated rings. The summed E-state index contributed by atoms with van der Waals surface area (Å²) in [5.41, 5.74) is 1.78. The molecule has 0 aromatic heterocycles. The monoisotopic (exact) mass is 398 g/mol. The summed E-state index contributed by atoms with van der Waals surface area (Å²) in [6.45, 7) is 0.914. The lowest BCUT2D eigenvalue weighted by Gasteiger charge is -2.24. The minimum atomic E-state index is -3.12. The third-order valence-electron chi connectivity index (χ3n) is 4.02. The van der Waals surface area contributed by atoms with Gasteiger partial charge in [-0.15, -0.1) is 0 Å². The van der Waals surface area contributed by atoms with E-state index in [1.165, 1.54) is 11.8 Å². The number of carboxylic acids is 1. The number of thioether (sulfide) groups is 1. The summed E-state index contributed by atoms with van der Waals surface area (Å²) in [5, 5.41) is 8.78. The summed E-state index contributed by atoms with van der Waals surface area (Å²) >= 11 is 1.26. The first-order valence-corrected chi connectivity index (χ1v) is 10.6. The van der Waals surface area contributed by atoms with Crippen LogP contribution in [0.2, 0.25) is 0 Å². The minimum absolute atomic E-state index is 0.0152. The molecule has 1 aromatic carbocycles. The van der Waals surface area contributed by atoms with Gasteiger partial charge in [-0.05, 0) is 24.6 Å². The standard InChI is InChI=1S/C16H18N2O6S2/c1-10-3-2-4-11(5-10)18-12-8-26(22,23)9-13(12)25-16(18)17-14(19)6-24-7-15(20)21/h2-5,12-13H,6-9H2,1H3,(H,20,21)/t12-,13-/m0/s1. The van der Waals surface area contributed by atoms with Gasteiger partial charge in [-0.25, -0.2) is 13.2 Å². The highest BCUT2D eigenvalue weighted by Gasteiger charge is 2.49. The lowest BCUT2D eigenvalue weighted by atomic mass is 10.1. The number of sulfone groups is 1. The molecule has 10 heteroatoms. The van der Waals surface area contributed by atoms with Gasteiger partial charge in [0.15, 0.2) is 15.0 Å². The van der Waals surface area contributed by atoms with Crippen LogP contribution in [0.15, 0.2) is 29.3 Å². The number of fused-ring (bicyclic) bond motifs is 1. The Hall–Kier alpha value is -1.91. The van der Waals surface area contributed by atoms with E-state index in [1.54, 1.807) is 4.90 Å². The molecule has 2 saturated heterocycles. The summed E-state index contributed by atoms with van der Waals surface area (Å²) in [7, 11) is -3.12. The lowest BCUT2D eigenvalue weighted by Crippen LogP contribution is -2.37. The van der Waals surface area contributed by atoms with Gasteiger partial charge in [0.1, 0.15) is 13.2 Å². The smallest absolute Gasteiger partial charge is 0.329 e. The van der Waals surface area contributed by atoms with Crippen LogP contribution in [0, 0.1) is 6.92 Å². The average molecular weight is 398 g/mol. The number of ether oxygens (including phenoxy) is 1. The highest BCUT2D eigenvalue weighted by Crippen LogP contribution is 2.41. The van der Waals surface area contributed by atoms with Crippen LogP contribution in [-0.4, -0.2) is 66.6 Å². The molecular formula is C16H18N2O6S2. The number of aliphatic imine (C=N–C) groups is 1. The molecule has 140 valence electrons. The van der Waals surface area contributed by atoms with E-state index in [1.807, 2.05) is 31.2 Å². The largest absolute Gasteiger partial charge is 0.480 e. The molecule has 2 heterocycles. The number of hydrogen-bond acceptors (Lipinski definition) is 6. The number of anilines is 1. The number of aliphatic carboxylic acids is 1. The number of nitrogens with zero attached hydrogens (tertiary/aromatic N) is 2. The van der Waals surface area contributed by atoms with E-state index in [-0.39, 0.29) is 22.8 Å². The molecular weight excluding hydrogens is 380 g/mol. The Labute approximate surface area is 155 Å². The summed E-state index contributed by atoms with van der Waals surface area (Å²) in [6, 6.07) is 7.27. The molecule has 1 aromatic rings. The highest BCUT2D eigenvalue weighted by molar-refractivity contribution is 8.16. The molecule has 0 saturated carbocycles. The molecule has 1 amide bonds. The summed E-state index contributed by atoms with van der Waals surface area (Å²) < 4.78 is 28.8. The first-order chi connectivity index (χ1) is 12.2. The fourth-order valence-corrected chi connectivity index (χ4v) is 6.94. The normalized spacial score (nSPS) is 25.4. The SMILES string of the molecule is Cc1cccc(N2C(=NC(=O)COCC(=O)O)S[C@H]3CS(=O)(=O)C[C@@H]32)c1. The molecule has 1 N–H and O–H groups in total. The maximum absolute atomic E-state index is 12.0. The van der Waals surface area contributed by atoms with Gasteiger partial charge in [0.2, 0.25) is 0 Å². The predicted molar refractivity (Wildman–Crippen MR) is 98.4 cm³/mol. The van der Waals surface area contributed by atoms with Crippen molar-refractivity contribution < 1.29 is 27.9 Å². The Morgan fingerprint density at radius 3 is 2.81 bits per heavy atom. The van der Waals surface area contributed by atoms with Crippen molar-refractivity contribution in [3.05, 3.63) is 29.8 Å². The molecule has 0 unspecified atom stereocenters. The number of aryl methyl sites for hydroxylation is 1. The van der Waals surface area contributed by atoms with Crippen LogP contribution in [0.4, 0.5) is 5.69 Å². The topological polar surface area (TPSA) is 113 Å². The van der Waals surface area contributed by atoms with Gasteiger partial charge in [-0.3, -0.25) is 4.79 Å².